The average molecular weight is 399 g/mol. The van der Waals surface area contributed by atoms with Gasteiger partial charge in [-0.1, -0.05) is 28.1 Å². The van der Waals surface area contributed by atoms with Gasteiger partial charge < -0.3 is 4.74 Å². The Balaban J connectivity index is 1.62. The number of hydrogen-bond acceptors (Lipinski definition) is 4. The molecule has 0 N–H and O–H groups in total. The monoisotopic (exact) mass is 398 g/mol. The maximum absolute atomic E-state index is 12.1. The van der Waals surface area contributed by atoms with Crippen molar-refractivity contribution in [2.24, 2.45) is 0 Å². The van der Waals surface area contributed by atoms with Crippen LogP contribution in [0, 0.1) is 6.92 Å². The van der Waals surface area contributed by atoms with Gasteiger partial charge in [0, 0.05) is 21.9 Å². The summed E-state index contributed by atoms with van der Waals surface area (Å²) in [6, 6.07) is 15.7. The van der Waals surface area contributed by atoms with Crippen molar-refractivity contribution in [1.29, 1.82) is 0 Å². The van der Waals surface area contributed by atoms with Crippen molar-refractivity contribution in [3.63, 3.8) is 0 Å². The van der Waals surface area contributed by atoms with Crippen LogP contribution < -0.4 is 0 Å². The lowest BCUT2D eigenvalue weighted by Crippen LogP contribution is -2.14. The molecule has 126 valence electrons. The molecule has 0 saturated carbocycles. The minimum absolute atomic E-state index is 0.246. The third-order valence-corrected chi connectivity index (χ3v) is 4.21. The van der Waals surface area contributed by atoms with Gasteiger partial charge in [0.15, 0.2) is 12.4 Å². The highest BCUT2D eigenvalue weighted by molar-refractivity contribution is 9.10. The van der Waals surface area contributed by atoms with Crippen molar-refractivity contribution >= 4 is 27.7 Å². The molecule has 0 unspecified atom stereocenters. The minimum atomic E-state index is -0.533. The van der Waals surface area contributed by atoms with E-state index in [2.05, 4.69) is 21.0 Å². The maximum Gasteiger partial charge on any atom is 0.338 e. The second-order valence-corrected chi connectivity index (χ2v) is 6.35. The summed E-state index contributed by atoms with van der Waals surface area (Å²) in [7, 11) is 0. The Bertz CT molecular complexity index is 899. The van der Waals surface area contributed by atoms with Gasteiger partial charge in [-0.3, -0.25) is 4.79 Å². The van der Waals surface area contributed by atoms with Gasteiger partial charge in [-0.15, -0.1) is 0 Å². The van der Waals surface area contributed by atoms with E-state index in [1.54, 1.807) is 59.4 Å². The van der Waals surface area contributed by atoms with Crippen molar-refractivity contribution in [3.05, 3.63) is 82.1 Å². The molecule has 3 aromatic rings. The van der Waals surface area contributed by atoms with Crippen molar-refractivity contribution in [2.45, 2.75) is 6.92 Å². The van der Waals surface area contributed by atoms with E-state index in [-0.39, 0.29) is 12.4 Å². The van der Waals surface area contributed by atoms with Gasteiger partial charge in [-0.25, -0.2) is 9.48 Å². The van der Waals surface area contributed by atoms with Crippen LogP contribution in [0.25, 0.3) is 5.69 Å². The van der Waals surface area contributed by atoms with Crippen LogP contribution in [0.3, 0.4) is 0 Å². The van der Waals surface area contributed by atoms with Gasteiger partial charge in [-0.05, 0) is 49.4 Å². The second-order valence-electron chi connectivity index (χ2n) is 5.44. The number of nitrogens with zero attached hydrogens (tertiary/aromatic N) is 2. The van der Waals surface area contributed by atoms with Crippen molar-refractivity contribution in [3.8, 4) is 5.69 Å². The zero-order valence-electron chi connectivity index (χ0n) is 13.5. The number of aryl methyl sites for hydroxylation is 1. The minimum Gasteiger partial charge on any atom is -0.454 e. The molecule has 2 aromatic carbocycles. The van der Waals surface area contributed by atoms with E-state index in [0.29, 0.717) is 11.1 Å². The van der Waals surface area contributed by atoms with Gasteiger partial charge in [-0.2, -0.15) is 5.10 Å². The van der Waals surface area contributed by atoms with E-state index in [0.717, 1.165) is 15.9 Å². The smallest absolute Gasteiger partial charge is 0.338 e. The summed E-state index contributed by atoms with van der Waals surface area (Å²) in [4.78, 5) is 24.1. The number of Topliss-reactive ketones (excluding diaryl/α,β-unsaturated/α-hetero) is 1. The fraction of sp³-hybridized carbons (Fsp3) is 0.105. The summed E-state index contributed by atoms with van der Waals surface area (Å²) in [5, 5.41) is 4.21. The Morgan fingerprint density at radius 3 is 2.24 bits per heavy atom. The third kappa shape index (κ3) is 4.03. The predicted octanol–water partition coefficient (Wildman–Crippen LogP) is 3.98. The first kappa shape index (κ1) is 17.1. The second kappa shape index (κ2) is 7.44. The fourth-order valence-electron chi connectivity index (χ4n) is 2.31. The number of benzene rings is 2. The largest absolute Gasteiger partial charge is 0.454 e. The number of esters is 1. The number of ketones is 1. The summed E-state index contributed by atoms with van der Waals surface area (Å²) in [6.45, 7) is 1.66. The molecule has 0 spiro atoms. The highest BCUT2D eigenvalue weighted by Crippen LogP contribution is 2.13. The molecule has 25 heavy (non-hydrogen) atoms. The number of aromatic nitrogens is 2. The summed E-state index contributed by atoms with van der Waals surface area (Å²) in [5.74, 6) is -0.779. The number of ether oxygens (including phenoxy) is 1. The quantitative estimate of drug-likeness (QED) is 0.481. The third-order valence-electron chi connectivity index (χ3n) is 3.68. The molecule has 0 amide bonds. The number of rotatable bonds is 5. The van der Waals surface area contributed by atoms with Crippen LogP contribution in [0.1, 0.15) is 26.4 Å². The zero-order valence-corrected chi connectivity index (χ0v) is 15.1. The Kier molecular flexibility index (Phi) is 5.09. The van der Waals surface area contributed by atoms with E-state index in [1.165, 1.54) is 0 Å². The molecule has 0 aliphatic rings. The van der Waals surface area contributed by atoms with E-state index < -0.39 is 5.97 Å². The highest BCUT2D eigenvalue weighted by atomic mass is 79.9. The molecule has 0 saturated heterocycles. The first-order valence-electron chi connectivity index (χ1n) is 7.61. The van der Waals surface area contributed by atoms with E-state index >= 15 is 0 Å². The zero-order chi connectivity index (χ0) is 17.8. The van der Waals surface area contributed by atoms with Gasteiger partial charge in [0.2, 0.25) is 0 Å². The fourth-order valence-corrected chi connectivity index (χ4v) is 2.58. The first-order valence-corrected chi connectivity index (χ1v) is 8.41. The van der Waals surface area contributed by atoms with Gasteiger partial charge in [0.1, 0.15) is 0 Å². The molecule has 0 aliphatic carbocycles. The Hall–Kier alpha value is -2.73. The highest BCUT2D eigenvalue weighted by Gasteiger charge is 2.12. The summed E-state index contributed by atoms with van der Waals surface area (Å²) >= 11 is 3.31. The molecule has 0 fully saturated rings. The van der Waals surface area contributed by atoms with Gasteiger partial charge in [0.25, 0.3) is 0 Å². The van der Waals surface area contributed by atoms with Crippen molar-refractivity contribution < 1.29 is 14.3 Å². The molecule has 0 aliphatic heterocycles. The van der Waals surface area contributed by atoms with Crippen LogP contribution in [-0.4, -0.2) is 28.1 Å². The number of halogens is 1. The van der Waals surface area contributed by atoms with Gasteiger partial charge >= 0.3 is 5.97 Å². The van der Waals surface area contributed by atoms with Crippen LogP contribution in [-0.2, 0) is 4.74 Å². The number of hydrogen-bond donors (Lipinski definition) is 0. The Labute approximate surface area is 153 Å². The Morgan fingerprint density at radius 1 is 1.00 bits per heavy atom. The molecule has 0 bridgehead atoms. The number of carbonyl (C=O) groups excluding carboxylic acids is 2. The lowest BCUT2D eigenvalue weighted by atomic mass is 10.1. The SMILES string of the molecule is Cc1ccnn1-c1ccc(C(=O)OCC(=O)c2ccc(Br)cc2)cc1. The maximum atomic E-state index is 12.1. The van der Waals surface area contributed by atoms with Crippen molar-refractivity contribution in [2.75, 3.05) is 6.61 Å². The molecular weight excluding hydrogens is 384 g/mol. The van der Waals surface area contributed by atoms with E-state index in [9.17, 15) is 9.59 Å². The molecule has 0 atom stereocenters. The lowest BCUT2D eigenvalue weighted by molar-refractivity contribution is 0.0475. The average Bonchev–Trinajstić information content (AvgIpc) is 3.06. The van der Waals surface area contributed by atoms with Crippen LogP contribution in [0.5, 0.6) is 0 Å². The van der Waals surface area contributed by atoms with E-state index in [4.69, 9.17) is 4.74 Å². The van der Waals surface area contributed by atoms with Crippen LogP contribution in [0.15, 0.2) is 65.3 Å². The Morgan fingerprint density at radius 2 is 1.64 bits per heavy atom. The van der Waals surface area contributed by atoms with Crippen LogP contribution >= 0.6 is 15.9 Å². The molecule has 1 aromatic heterocycles. The topological polar surface area (TPSA) is 61.2 Å². The standard InChI is InChI=1S/C19H15BrN2O3/c1-13-10-11-21-22(13)17-8-4-15(5-9-17)19(24)25-12-18(23)14-2-6-16(20)7-3-14/h2-11H,12H2,1H3. The molecule has 0 radical (unpaired) electrons. The molecular formula is C19H15BrN2O3. The summed E-state index contributed by atoms with van der Waals surface area (Å²) < 4.78 is 7.76. The van der Waals surface area contributed by atoms with E-state index in [1.807, 2.05) is 13.0 Å². The van der Waals surface area contributed by atoms with Crippen LogP contribution in [0.2, 0.25) is 0 Å². The molecule has 6 heteroatoms. The van der Waals surface area contributed by atoms with Crippen LogP contribution in [0.4, 0.5) is 0 Å². The normalized spacial score (nSPS) is 10.5. The molecule has 1 heterocycles. The van der Waals surface area contributed by atoms with Crippen molar-refractivity contribution in [1.82, 2.24) is 9.78 Å². The van der Waals surface area contributed by atoms with Gasteiger partial charge in [0.05, 0.1) is 11.3 Å². The summed E-state index contributed by atoms with van der Waals surface area (Å²) in [5.41, 5.74) is 2.73. The molecule has 5 nitrogen and oxygen atoms in total. The summed E-state index contributed by atoms with van der Waals surface area (Å²) in [6.07, 6.45) is 1.71. The lowest BCUT2D eigenvalue weighted by Gasteiger charge is -2.07. The predicted molar refractivity (Wildman–Crippen MR) is 97.1 cm³/mol. The number of carbonyl (C=O) groups is 2. The molecule has 3 rings (SSSR count). The first-order chi connectivity index (χ1) is 12.0.